The SMILES string of the molecule is COc1ccccc1N1C(SCc2cccc(Cl)c2)=N[C@H]2CS(=O)(=O)C[C@@H]21. The molecule has 5 nitrogen and oxygen atoms in total. The number of amidine groups is 1. The van der Waals surface area contributed by atoms with Crippen LogP contribution in [0.1, 0.15) is 5.56 Å². The Morgan fingerprint density at radius 3 is 2.81 bits per heavy atom. The maximum Gasteiger partial charge on any atom is 0.164 e. The Morgan fingerprint density at radius 2 is 2.04 bits per heavy atom. The van der Waals surface area contributed by atoms with Crippen LogP contribution in [0, 0.1) is 0 Å². The first-order valence-corrected chi connectivity index (χ1v) is 11.7. The second-order valence-corrected chi connectivity index (χ2v) is 10.1. The van der Waals surface area contributed by atoms with Crippen molar-refractivity contribution in [1.29, 1.82) is 0 Å². The molecule has 0 saturated carbocycles. The summed E-state index contributed by atoms with van der Waals surface area (Å²) in [5.74, 6) is 1.63. The van der Waals surface area contributed by atoms with Crippen LogP contribution in [-0.2, 0) is 15.6 Å². The molecule has 0 amide bonds. The normalized spacial score (nSPS) is 23.2. The Hall–Kier alpha value is -1.70. The van der Waals surface area contributed by atoms with Gasteiger partial charge in [-0.25, -0.2) is 8.42 Å². The third-order valence-electron chi connectivity index (χ3n) is 4.71. The Balaban J connectivity index is 1.65. The van der Waals surface area contributed by atoms with Crippen molar-refractivity contribution in [3.05, 3.63) is 59.1 Å². The lowest BCUT2D eigenvalue weighted by atomic mass is 10.1. The Bertz CT molecular complexity index is 994. The highest BCUT2D eigenvalue weighted by molar-refractivity contribution is 8.13. The average molecular weight is 423 g/mol. The molecule has 142 valence electrons. The van der Waals surface area contributed by atoms with E-state index in [-0.39, 0.29) is 23.6 Å². The zero-order valence-electron chi connectivity index (χ0n) is 14.7. The van der Waals surface area contributed by atoms with E-state index >= 15 is 0 Å². The van der Waals surface area contributed by atoms with Gasteiger partial charge in [-0.2, -0.15) is 0 Å². The number of para-hydroxylation sites is 2. The third kappa shape index (κ3) is 3.81. The number of anilines is 1. The topological polar surface area (TPSA) is 59.0 Å². The van der Waals surface area contributed by atoms with Crippen LogP contribution in [-0.4, -0.2) is 44.3 Å². The highest BCUT2D eigenvalue weighted by Gasteiger charge is 2.47. The van der Waals surface area contributed by atoms with Gasteiger partial charge in [0.15, 0.2) is 15.0 Å². The van der Waals surface area contributed by atoms with Crippen molar-refractivity contribution in [1.82, 2.24) is 0 Å². The van der Waals surface area contributed by atoms with Gasteiger partial charge in [0.05, 0.1) is 36.4 Å². The van der Waals surface area contributed by atoms with Gasteiger partial charge in [0, 0.05) is 10.8 Å². The Labute approximate surface area is 168 Å². The lowest BCUT2D eigenvalue weighted by molar-refractivity contribution is 0.415. The first kappa shape index (κ1) is 18.7. The summed E-state index contributed by atoms with van der Waals surface area (Å²) in [7, 11) is -1.46. The van der Waals surface area contributed by atoms with Gasteiger partial charge in [0.25, 0.3) is 0 Å². The minimum Gasteiger partial charge on any atom is -0.495 e. The van der Waals surface area contributed by atoms with Gasteiger partial charge in [-0.15, -0.1) is 0 Å². The van der Waals surface area contributed by atoms with Gasteiger partial charge in [-0.05, 0) is 29.8 Å². The second-order valence-electron chi connectivity index (χ2n) is 6.58. The fourth-order valence-corrected chi connectivity index (χ4v) is 6.63. The number of hydrogen-bond donors (Lipinski definition) is 0. The number of nitrogens with zero attached hydrogens (tertiary/aromatic N) is 2. The molecule has 2 aromatic rings. The largest absolute Gasteiger partial charge is 0.495 e. The summed E-state index contributed by atoms with van der Waals surface area (Å²) in [5, 5.41) is 1.52. The number of sulfone groups is 1. The third-order valence-corrected chi connectivity index (χ3v) is 7.68. The molecule has 0 spiro atoms. The van der Waals surface area contributed by atoms with Crippen molar-refractivity contribution in [2.24, 2.45) is 4.99 Å². The van der Waals surface area contributed by atoms with Gasteiger partial charge < -0.3 is 9.64 Å². The summed E-state index contributed by atoms with van der Waals surface area (Å²) in [6, 6.07) is 15.0. The van der Waals surface area contributed by atoms with E-state index in [2.05, 4.69) is 0 Å². The molecule has 1 saturated heterocycles. The minimum absolute atomic E-state index is 0.102. The number of halogens is 1. The molecule has 0 bridgehead atoms. The average Bonchev–Trinajstić information content (AvgIpc) is 3.11. The maximum atomic E-state index is 12.2. The van der Waals surface area contributed by atoms with Crippen LogP contribution >= 0.6 is 23.4 Å². The number of methoxy groups -OCH3 is 1. The predicted molar refractivity (Wildman–Crippen MR) is 112 cm³/mol. The first-order valence-electron chi connectivity index (χ1n) is 8.54. The highest BCUT2D eigenvalue weighted by Crippen LogP contribution is 2.39. The quantitative estimate of drug-likeness (QED) is 0.753. The van der Waals surface area contributed by atoms with Crippen molar-refractivity contribution < 1.29 is 13.2 Å². The van der Waals surface area contributed by atoms with Crippen LogP contribution in [0.15, 0.2) is 53.5 Å². The smallest absolute Gasteiger partial charge is 0.164 e. The molecule has 2 heterocycles. The summed E-state index contributed by atoms with van der Waals surface area (Å²) in [6.45, 7) is 0. The molecular weight excluding hydrogens is 404 g/mol. The van der Waals surface area contributed by atoms with E-state index in [0.29, 0.717) is 16.5 Å². The van der Waals surface area contributed by atoms with Gasteiger partial charge in [0.1, 0.15) is 5.75 Å². The first-order chi connectivity index (χ1) is 13.0. The molecule has 8 heteroatoms. The van der Waals surface area contributed by atoms with Crippen LogP contribution < -0.4 is 9.64 Å². The molecule has 1 fully saturated rings. The number of ether oxygens (including phenoxy) is 1. The zero-order chi connectivity index (χ0) is 19.0. The van der Waals surface area contributed by atoms with Crippen LogP contribution in [0.4, 0.5) is 5.69 Å². The molecule has 2 aliphatic heterocycles. The number of fused-ring (bicyclic) bond motifs is 1. The van der Waals surface area contributed by atoms with E-state index in [9.17, 15) is 8.42 Å². The lowest BCUT2D eigenvalue weighted by Gasteiger charge is -2.27. The van der Waals surface area contributed by atoms with Gasteiger partial charge in [0.2, 0.25) is 0 Å². The van der Waals surface area contributed by atoms with Crippen LogP contribution in [0.5, 0.6) is 5.75 Å². The lowest BCUT2D eigenvalue weighted by Crippen LogP contribution is -2.39. The number of benzene rings is 2. The summed E-state index contributed by atoms with van der Waals surface area (Å²) in [4.78, 5) is 6.79. The van der Waals surface area contributed by atoms with E-state index in [1.807, 2.05) is 53.4 Å². The summed E-state index contributed by atoms with van der Waals surface area (Å²) >= 11 is 7.67. The monoisotopic (exact) mass is 422 g/mol. The van der Waals surface area contributed by atoms with Crippen LogP contribution in [0.3, 0.4) is 0 Å². The summed E-state index contributed by atoms with van der Waals surface area (Å²) < 4.78 is 29.8. The van der Waals surface area contributed by atoms with Crippen LogP contribution in [0.25, 0.3) is 0 Å². The molecule has 2 atom stereocenters. The molecular formula is C19H19ClN2O3S2. The Kier molecular flexibility index (Phi) is 5.09. The second kappa shape index (κ2) is 7.37. The number of aliphatic imine (C=N–C) groups is 1. The van der Waals surface area contributed by atoms with E-state index < -0.39 is 9.84 Å². The predicted octanol–water partition coefficient (Wildman–Crippen LogP) is 3.62. The zero-order valence-corrected chi connectivity index (χ0v) is 17.1. The maximum absolute atomic E-state index is 12.2. The molecule has 4 rings (SSSR count). The van der Waals surface area contributed by atoms with Crippen molar-refractivity contribution >= 4 is 44.1 Å². The van der Waals surface area contributed by atoms with E-state index in [0.717, 1.165) is 16.4 Å². The van der Waals surface area contributed by atoms with Crippen molar-refractivity contribution in [2.45, 2.75) is 17.8 Å². The molecule has 0 unspecified atom stereocenters. The summed E-state index contributed by atoms with van der Waals surface area (Å²) in [5.41, 5.74) is 1.95. The molecule has 0 aliphatic carbocycles. The number of hydrogen-bond acceptors (Lipinski definition) is 6. The van der Waals surface area contributed by atoms with Gasteiger partial charge >= 0.3 is 0 Å². The van der Waals surface area contributed by atoms with Gasteiger partial charge in [-0.3, -0.25) is 4.99 Å². The van der Waals surface area contributed by atoms with Crippen molar-refractivity contribution in [3.63, 3.8) is 0 Å². The van der Waals surface area contributed by atoms with Crippen molar-refractivity contribution in [2.75, 3.05) is 23.5 Å². The molecule has 2 aromatic carbocycles. The highest BCUT2D eigenvalue weighted by atomic mass is 35.5. The van der Waals surface area contributed by atoms with E-state index in [1.165, 1.54) is 0 Å². The molecule has 0 aromatic heterocycles. The number of thioether (sulfide) groups is 1. The standard InChI is InChI=1S/C19H19ClN2O3S2/c1-25-18-8-3-2-7-16(18)22-17-12-27(23,24)11-15(17)21-19(22)26-10-13-5-4-6-14(20)9-13/h2-9,15,17H,10-12H2,1H3/t15-,17-/m0/s1. The molecule has 27 heavy (non-hydrogen) atoms. The van der Waals surface area contributed by atoms with Crippen LogP contribution in [0.2, 0.25) is 5.02 Å². The number of rotatable bonds is 4. The molecule has 0 N–H and O–H groups in total. The van der Waals surface area contributed by atoms with Crippen molar-refractivity contribution in [3.8, 4) is 5.75 Å². The molecule has 0 radical (unpaired) electrons. The van der Waals surface area contributed by atoms with Gasteiger partial charge in [-0.1, -0.05) is 47.6 Å². The molecule has 2 aliphatic rings. The minimum atomic E-state index is -3.08. The van der Waals surface area contributed by atoms with E-state index in [1.54, 1.807) is 18.9 Å². The fourth-order valence-electron chi connectivity index (χ4n) is 3.52. The fraction of sp³-hybridized carbons (Fsp3) is 0.316. The summed E-state index contributed by atoms with van der Waals surface area (Å²) in [6.07, 6.45) is 0. The van der Waals surface area contributed by atoms with E-state index in [4.69, 9.17) is 21.3 Å². The Morgan fingerprint density at radius 1 is 1.22 bits per heavy atom.